The van der Waals surface area contributed by atoms with Crippen LogP contribution in [0.3, 0.4) is 0 Å². The van der Waals surface area contributed by atoms with Gasteiger partial charge in [0.15, 0.2) is 5.82 Å². The summed E-state index contributed by atoms with van der Waals surface area (Å²) in [6.07, 6.45) is 0. The summed E-state index contributed by atoms with van der Waals surface area (Å²) in [5.41, 5.74) is 0.770. The third kappa shape index (κ3) is 2.69. The van der Waals surface area contributed by atoms with E-state index in [4.69, 9.17) is 9.26 Å². The minimum atomic E-state index is 0.192. The van der Waals surface area contributed by atoms with Gasteiger partial charge in [-0.3, -0.25) is 0 Å². The minimum Gasteiger partial charge on any atom is -0.507 e. The topological polar surface area (TPSA) is 67.5 Å². The van der Waals surface area contributed by atoms with Gasteiger partial charge in [0.25, 0.3) is 0 Å². The normalized spacial score (nSPS) is 10.2. The molecule has 0 spiro atoms. The van der Waals surface area contributed by atoms with Crippen LogP contribution in [-0.2, 0) is 6.54 Å². The molecule has 0 aliphatic heterocycles. The second kappa shape index (κ2) is 4.78. The van der Waals surface area contributed by atoms with E-state index < -0.39 is 0 Å². The van der Waals surface area contributed by atoms with Crippen LogP contribution in [0.1, 0.15) is 11.3 Å². The van der Waals surface area contributed by atoms with Crippen molar-refractivity contribution < 1.29 is 14.4 Å². The largest absolute Gasteiger partial charge is 0.507 e. The molecule has 17 heavy (non-hydrogen) atoms. The molecular weight excluding hydrogens is 220 g/mol. The summed E-state index contributed by atoms with van der Waals surface area (Å²) in [5.74, 6) is 2.21. The Morgan fingerprint density at radius 2 is 2.24 bits per heavy atom. The molecule has 0 unspecified atom stereocenters. The van der Waals surface area contributed by atoms with E-state index in [1.54, 1.807) is 31.4 Å². The van der Waals surface area contributed by atoms with Gasteiger partial charge in [0.1, 0.15) is 17.3 Å². The molecule has 5 nitrogen and oxygen atoms in total. The lowest BCUT2D eigenvalue weighted by Crippen LogP contribution is -1.99. The van der Waals surface area contributed by atoms with Crippen LogP contribution in [0.25, 0.3) is 0 Å². The van der Waals surface area contributed by atoms with Crippen LogP contribution in [0.2, 0.25) is 0 Å². The van der Waals surface area contributed by atoms with Crippen molar-refractivity contribution in [3.63, 3.8) is 0 Å². The maximum Gasteiger partial charge on any atom is 0.169 e. The highest BCUT2D eigenvalue weighted by Gasteiger charge is 2.04. The van der Waals surface area contributed by atoms with Crippen molar-refractivity contribution >= 4 is 5.82 Å². The third-order valence-corrected chi connectivity index (χ3v) is 2.38. The number of aromatic nitrogens is 1. The zero-order chi connectivity index (χ0) is 12.3. The summed E-state index contributed by atoms with van der Waals surface area (Å²) in [6.45, 7) is 2.30. The number of phenolic OH excluding ortho intramolecular Hbond substituents is 1. The van der Waals surface area contributed by atoms with Gasteiger partial charge in [-0.2, -0.15) is 0 Å². The molecule has 0 bridgehead atoms. The van der Waals surface area contributed by atoms with Gasteiger partial charge in [-0.25, -0.2) is 0 Å². The van der Waals surface area contributed by atoms with Crippen LogP contribution in [0.15, 0.2) is 28.8 Å². The van der Waals surface area contributed by atoms with Crippen molar-refractivity contribution in [1.29, 1.82) is 0 Å². The predicted molar refractivity (Wildman–Crippen MR) is 63.2 cm³/mol. The first kappa shape index (κ1) is 11.3. The van der Waals surface area contributed by atoms with E-state index >= 15 is 0 Å². The Kier molecular flexibility index (Phi) is 3.18. The van der Waals surface area contributed by atoms with Crippen molar-refractivity contribution in [2.45, 2.75) is 13.5 Å². The van der Waals surface area contributed by atoms with Crippen LogP contribution in [0, 0.1) is 6.92 Å². The van der Waals surface area contributed by atoms with Crippen molar-refractivity contribution in [2.24, 2.45) is 0 Å². The zero-order valence-electron chi connectivity index (χ0n) is 9.73. The molecule has 0 aliphatic carbocycles. The fraction of sp³-hybridized carbons (Fsp3) is 0.250. The number of phenols is 1. The molecule has 2 aromatic rings. The van der Waals surface area contributed by atoms with Gasteiger partial charge in [0.2, 0.25) is 0 Å². The summed E-state index contributed by atoms with van der Waals surface area (Å²) in [4.78, 5) is 0. The highest BCUT2D eigenvalue weighted by atomic mass is 16.5. The molecule has 1 aromatic carbocycles. The van der Waals surface area contributed by atoms with Gasteiger partial charge in [-0.05, 0) is 19.1 Å². The van der Waals surface area contributed by atoms with Crippen LogP contribution in [0.4, 0.5) is 5.82 Å². The Labute approximate surface area is 99.0 Å². The Morgan fingerprint density at radius 3 is 2.82 bits per heavy atom. The summed E-state index contributed by atoms with van der Waals surface area (Å²) >= 11 is 0. The first-order valence-corrected chi connectivity index (χ1v) is 5.22. The molecule has 0 atom stereocenters. The maximum atomic E-state index is 9.74. The number of aromatic hydroxyl groups is 1. The van der Waals surface area contributed by atoms with E-state index in [0.29, 0.717) is 18.1 Å². The molecule has 0 radical (unpaired) electrons. The standard InChI is InChI=1S/C12H14N2O3/c1-8-5-12(14-17-8)13-7-9-3-4-10(16-2)6-11(9)15/h3-6,15H,7H2,1-2H3,(H,13,14). The van der Waals surface area contributed by atoms with Crippen molar-refractivity contribution in [1.82, 2.24) is 5.16 Å². The average Bonchev–Trinajstić information content (AvgIpc) is 2.73. The third-order valence-electron chi connectivity index (χ3n) is 2.38. The molecule has 2 rings (SSSR count). The number of hydrogen-bond acceptors (Lipinski definition) is 5. The number of ether oxygens (including phenoxy) is 1. The molecule has 0 saturated heterocycles. The summed E-state index contributed by atoms with van der Waals surface area (Å²) < 4.78 is 9.93. The summed E-state index contributed by atoms with van der Waals surface area (Å²) in [7, 11) is 1.56. The van der Waals surface area contributed by atoms with Gasteiger partial charge in [0, 0.05) is 24.2 Å². The number of hydrogen-bond donors (Lipinski definition) is 2. The Hall–Kier alpha value is -2.17. The van der Waals surface area contributed by atoms with Crippen molar-refractivity contribution in [3.8, 4) is 11.5 Å². The first-order valence-electron chi connectivity index (χ1n) is 5.22. The van der Waals surface area contributed by atoms with Crippen LogP contribution in [0.5, 0.6) is 11.5 Å². The van der Waals surface area contributed by atoms with Crippen LogP contribution < -0.4 is 10.1 Å². The van der Waals surface area contributed by atoms with E-state index in [1.165, 1.54) is 0 Å². The smallest absolute Gasteiger partial charge is 0.169 e. The lowest BCUT2D eigenvalue weighted by molar-refractivity contribution is 0.399. The zero-order valence-corrected chi connectivity index (χ0v) is 9.73. The molecular formula is C12H14N2O3. The highest BCUT2D eigenvalue weighted by molar-refractivity contribution is 5.42. The number of anilines is 1. The maximum absolute atomic E-state index is 9.74. The van der Waals surface area contributed by atoms with Crippen LogP contribution in [-0.4, -0.2) is 17.4 Å². The van der Waals surface area contributed by atoms with Gasteiger partial charge < -0.3 is 19.7 Å². The number of aryl methyl sites for hydroxylation is 1. The molecule has 2 N–H and O–H groups in total. The Balaban J connectivity index is 2.04. The van der Waals surface area contributed by atoms with Gasteiger partial charge in [0.05, 0.1) is 7.11 Å². The van der Waals surface area contributed by atoms with E-state index in [9.17, 15) is 5.11 Å². The SMILES string of the molecule is COc1ccc(CNc2cc(C)on2)c(O)c1. The van der Waals surface area contributed by atoms with E-state index in [1.807, 2.05) is 6.92 Å². The van der Waals surface area contributed by atoms with E-state index in [0.717, 1.165) is 11.3 Å². The fourth-order valence-electron chi connectivity index (χ4n) is 1.46. The number of methoxy groups -OCH3 is 1. The second-order valence-corrected chi connectivity index (χ2v) is 3.67. The second-order valence-electron chi connectivity index (χ2n) is 3.67. The summed E-state index contributed by atoms with van der Waals surface area (Å²) in [5, 5.41) is 16.6. The lowest BCUT2D eigenvalue weighted by Gasteiger charge is -2.07. The average molecular weight is 234 g/mol. The predicted octanol–water partition coefficient (Wildman–Crippen LogP) is 2.31. The Morgan fingerprint density at radius 1 is 1.41 bits per heavy atom. The molecule has 0 saturated carbocycles. The molecule has 5 heteroatoms. The van der Waals surface area contributed by atoms with Crippen molar-refractivity contribution in [2.75, 3.05) is 12.4 Å². The number of nitrogens with one attached hydrogen (secondary N) is 1. The molecule has 0 fully saturated rings. The molecule has 1 heterocycles. The fourth-order valence-corrected chi connectivity index (χ4v) is 1.46. The number of nitrogens with zero attached hydrogens (tertiary/aromatic N) is 1. The van der Waals surface area contributed by atoms with Gasteiger partial charge in [-0.1, -0.05) is 5.16 Å². The minimum absolute atomic E-state index is 0.192. The van der Waals surface area contributed by atoms with Gasteiger partial charge >= 0.3 is 0 Å². The number of benzene rings is 1. The van der Waals surface area contributed by atoms with Gasteiger partial charge in [-0.15, -0.1) is 0 Å². The molecule has 90 valence electrons. The first-order chi connectivity index (χ1) is 8.19. The molecule has 0 amide bonds. The van der Waals surface area contributed by atoms with E-state index in [-0.39, 0.29) is 5.75 Å². The Bertz CT molecular complexity index is 508. The number of rotatable bonds is 4. The highest BCUT2D eigenvalue weighted by Crippen LogP contribution is 2.24. The monoisotopic (exact) mass is 234 g/mol. The van der Waals surface area contributed by atoms with Crippen LogP contribution >= 0.6 is 0 Å². The lowest BCUT2D eigenvalue weighted by atomic mass is 10.2. The van der Waals surface area contributed by atoms with E-state index in [2.05, 4.69) is 10.5 Å². The molecule has 1 aromatic heterocycles. The van der Waals surface area contributed by atoms with Crippen molar-refractivity contribution in [3.05, 3.63) is 35.6 Å². The molecule has 0 aliphatic rings. The quantitative estimate of drug-likeness (QED) is 0.849. The summed E-state index contributed by atoms with van der Waals surface area (Å²) in [6, 6.07) is 6.96.